The Morgan fingerprint density at radius 2 is 2.11 bits per heavy atom. The van der Waals surface area contributed by atoms with Gasteiger partial charge in [-0.2, -0.15) is 5.10 Å². The number of aromatic nitrogens is 2. The van der Waals surface area contributed by atoms with Crippen LogP contribution in [0.3, 0.4) is 0 Å². The molecule has 1 aromatic carbocycles. The predicted molar refractivity (Wildman–Crippen MR) is 77.3 cm³/mol. The van der Waals surface area contributed by atoms with Crippen LogP contribution in [-0.4, -0.2) is 9.78 Å². The highest BCUT2D eigenvalue weighted by Gasteiger charge is 2.15. The molecule has 2 rings (SSSR count). The summed E-state index contributed by atoms with van der Waals surface area (Å²) in [4.78, 5) is 1.07. The summed E-state index contributed by atoms with van der Waals surface area (Å²) in [6, 6.07) is 8.02. The van der Waals surface area contributed by atoms with Crippen LogP contribution in [0.5, 0.6) is 0 Å². The number of hydrogen-bond donors (Lipinski definition) is 1. The van der Waals surface area contributed by atoms with Crippen LogP contribution in [0.25, 0.3) is 0 Å². The summed E-state index contributed by atoms with van der Waals surface area (Å²) in [6.45, 7) is 6.11. The average molecular weight is 282 g/mol. The average Bonchev–Trinajstić information content (AvgIpc) is 2.57. The van der Waals surface area contributed by atoms with Gasteiger partial charge in [-0.1, -0.05) is 29.4 Å². The number of halogens is 1. The number of benzene rings is 1. The third-order valence-corrected chi connectivity index (χ3v) is 3.91. The van der Waals surface area contributed by atoms with Gasteiger partial charge in [0.2, 0.25) is 0 Å². The molecule has 0 bridgehead atoms. The molecule has 2 N–H and O–H groups in total. The number of nitrogens with zero attached hydrogens (tertiary/aromatic N) is 2. The van der Waals surface area contributed by atoms with Gasteiger partial charge in [0.1, 0.15) is 5.03 Å². The molecule has 96 valence electrons. The van der Waals surface area contributed by atoms with E-state index in [0.717, 1.165) is 26.3 Å². The van der Waals surface area contributed by atoms with Crippen molar-refractivity contribution in [3.63, 3.8) is 0 Å². The molecule has 0 aliphatic heterocycles. The Bertz CT molecular complexity index is 563. The number of hydrogen-bond acceptors (Lipinski definition) is 3. The van der Waals surface area contributed by atoms with Crippen molar-refractivity contribution in [2.45, 2.75) is 36.7 Å². The number of nitrogens with two attached hydrogens (primary N) is 1. The van der Waals surface area contributed by atoms with Crippen molar-refractivity contribution in [1.29, 1.82) is 0 Å². The van der Waals surface area contributed by atoms with Crippen LogP contribution in [0.2, 0.25) is 5.02 Å². The lowest BCUT2D eigenvalue weighted by Crippen LogP contribution is -2.04. The maximum absolute atomic E-state index is 6.09. The summed E-state index contributed by atoms with van der Waals surface area (Å²) in [5.41, 5.74) is 7.70. The van der Waals surface area contributed by atoms with Crippen molar-refractivity contribution in [2.24, 2.45) is 0 Å². The van der Waals surface area contributed by atoms with Crippen LogP contribution in [0.1, 0.15) is 25.6 Å². The highest BCUT2D eigenvalue weighted by atomic mass is 35.5. The van der Waals surface area contributed by atoms with Crippen LogP contribution in [0.4, 0.5) is 5.69 Å². The van der Waals surface area contributed by atoms with Crippen molar-refractivity contribution in [1.82, 2.24) is 9.78 Å². The molecular weight excluding hydrogens is 266 g/mol. The van der Waals surface area contributed by atoms with Gasteiger partial charge in [0.25, 0.3) is 0 Å². The van der Waals surface area contributed by atoms with Gasteiger partial charge in [0, 0.05) is 16.0 Å². The van der Waals surface area contributed by atoms with Gasteiger partial charge in [-0.25, -0.2) is 0 Å². The topological polar surface area (TPSA) is 43.8 Å². The summed E-state index contributed by atoms with van der Waals surface area (Å²) < 4.78 is 1.95. The molecule has 0 unspecified atom stereocenters. The first kappa shape index (κ1) is 13.3. The van der Waals surface area contributed by atoms with E-state index in [4.69, 9.17) is 17.3 Å². The van der Waals surface area contributed by atoms with Crippen LogP contribution in [-0.2, 0) is 0 Å². The van der Waals surface area contributed by atoms with E-state index in [1.165, 1.54) is 0 Å². The molecule has 3 nitrogen and oxygen atoms in total. The Labute approximate surface area is 116 Å². The molecule has 0 fully saturated rings. The molecule has 0 spiro atoms. The summed E-state index contributed by atoms with van der Waals surface area (Å²) >= 11 is 7.59. The Morgan fingerprint density at radius 1 is 1.39 bits per heavy atom. The summed E-state index contributed by atoms with van der Waals surface area (Å²) in [7, 11) is 0. The van der Waals surface area contributed by atoms with Crippen LogP contribution in [0.15, 0.2) is 34.2 Å². The van der Waals surface area contributed by atoms with Crippen molar-refractivity contribution in [3.05, 3.63) is 35.0 Å². The number of nitrogen functional groups attached to an aromatic ring is 1. The maximum atomic E-state index is 6.09. The number of rotatable bonds is 3. The second-order valence-electron chi connectivity index (χ2n) is 4.40. The van der Waals surface area contributed by atoms with Crippen molar-refractivity contribution < 1.29 is 0 Å². The molecule has 1 heterocycles. The molecular formula is C13H16ClN3S. The van der Waals surface area contributed by atoms with E-state index < -0.39 is 0 Å². The Morgan fingerprint density at radius 3 is 2.72 bits per heavy atom. The Hall–Kier alpha value is -1.13. The Kier molecular flexibility index (Phi) is 3.88. The largest absolute Gasteiger partial charge is 0.395 e. The van der Waals surface area contributed by atoms with Gasteiger partial charge in [-0.3, -0.25) is 4.68 Å². The lowest BCUT2D eigenvalue weighted by molar-refractivity contribution is 0.491. The van der Waals surface area contributed by atoms with Crippen molar-refractivity contribution in [3.8, 4) is 0 Å². The van der Waals surface area contributed by atoms with E-state index in [9.17, 15) is 0 Å². The smallest absolute Gasteiger partial charge is 0.122 e. The fourth-order valence-corrected chi connectivity index (χ4v) is 3.05. The van der Waals surface area contributed by atoms with E-state index >= 15 is 0 Å². The van der Waals surface area contributed by atoms with Crippen LogP contribution >= 0.6 is 23.4 Å². The fraction of sp³-hybridized carbons (Fsp3) is 0.308. The third-order valence-electron chi connectivity index (χ3n) is 2.59. The lowest BCUT2D eigenvalue weighted by atomic mass is 10.4. The molecule has 2 aromatic rings. The van der Waals surface area contributed by atoms with Gasteiger partial charge in [-0.05, 0) is 39.0 Å². The molecule has 0 aliphatic carbocycles. The zero-order valence-corrected chi connectivity index (χ0v) is 12.2. The molecule has 5 heteroatoms. The zero-order valence-electron chi connectivity index (χ0n) is 10.6. The standard InChI is InChI=1S/C13H16ClN3S/c1-8(2)17-13(12(15)9(3)16-17)18-11-6-4-5-10(14)7-11/h4-8H,15H2,1-3H3. The number of anilines is 1. The molecule has 0 radical (unpaired) electrons. The molecule has 0 aliphatic rings. The third kappa shape index (κ3) is 2.65. The van der Waals surface area contributed by atoms with Gasteiger partial charge >= 0.3 is 0 Å². The molecule has 0 saturated heterocycles. The van der Waals surface area contributed by atoms with E-state index in [2.05, 4.69) is 18.9 Å². The Balaban J connectivity index is 2.39. The van der Waals surface area contributed by atoms with E-state index in [1.54, 1.807) is 11.8 Å². The molecule has 18 heavy (non-hydrogen) atoms. The predicted octanol–water partition coefficient (Wildman–Crippen LogP) is 4.16. The second-order valence-corrected chi connectivity index (χ2v) is 5.90. The summed E-state index contributed by atoms with van der Waals surface area (Å²) in [5, 5.41) is 6.17. The minimum Gasteiger partial charge on any atom is -0.395 e. The van der Waals surface area contributed by atoms with Gasteiger partial charge in [-0.15, -0.1) is 0 Å². The molecule has 0 amide bonds. The summed E-state index contributed by atoms with van der Waals surface area (Å²) in [5.74, 6) is 0. The van der Waals surface area contributed by atoms with E-state index in [1.807, 2.05) is 35.9 Å². The first-order valence-electron chi connectivity index (χ1n) is 5.77. The zero-order chi connectivity index (χ0) is 13.3. The molecule has 1 aromatic heterocycles. The van der Waals surface area contributed by atoms with Gasteiger partial charge in [0.15, 0.2) is 0 Å². The monoisotopic (exact) mass is 281 g/mol. The first-order valence-corrected chi connectivity index (χ1v) is 6.96. The minimum atomic E-state index is 0.280. The normalized spacial score (nSPS) is 11.2. The second kappa shape index (κ2) is 5.24. The maximum Gasteiger partial charge on any atom is 0.122 e. The lowest BCUT2D eigenvalue weighted by Gasteiger charge is -2.11. The highest BCUT2D eigenvalue weighted by molar-refractivity contribution is 7.99. The first-order chi connectivity index (χ1) is 8.49. The van der Waals surface area contributed by atoms with Crippen molar-refractivity contribution in [2.75, 3.05) is 5.73 Å². The minimum absolute atomic E-state index is 0.280. The quantitative estimate of drug-likeness (QED) is 0.919. The van der Waals surface area contributed by atoms with Gasteiger partial charge in [0.05, 0.1) is 11.4 Å². The van der Waals surface area contributed by atoms with E-state index in [-0.39, 0.29) is 6.04 Å². The number of aryl methyl sites for hydroxylation is 1. The highest BCUT2D eigenvalue weighted by Crippen LogP contribution is 2.36. The van der Waals surface area contributed by atoms with E-state index in [0.29, 0.717) is 0 Å². The molecule has 0 atom stereocenters. The van der Waals surface area contributed by atoms with Crippen LogP contribution < -0.4 is 5.73 Å². The fourth-order valence-electron chi connectivity index (χ4n) is 1.63. The van der Waals surface area contributed by atoms with Crippen LogP contribution in [0, 0.1) is 6.92 Å². The molecule has 0 saturated carbocycles. The van der Waals surface area contributed by atoms with Crippen molar-refractivity contribution >= 4 is 29.1 Å². The summed E-state index contributed by atoms with van der Waals surface area (Å²) in [6.07, 6.45) is 0. The van der Waals surface area contributed by atoms with Gasteiger partial charge < -0.3 is 5.73 Å². The SMILES string of the molecule is Cc1nn(C(C)C)c(Sc2cccc(Cl)c2)c1N.